The number of thioether (sulfide) groups is 1. The number of halogens is 1. The van der Waals surface area contributed by atoms with Crippen molar-refractivity contribution < 1.29 is 4.79 Å². The topological polar surface area (TPSA) is 33.2 Å². The van der Waals surface area contributed by atoms with Crippen LogP contribution in [-0.2, 0) is 11.2 Å². The van der Waals surface area contributed by atoms with Gasteiger partial charge in [-0.15, -0.1) is 11.8 Å². The third-order valence-corrected chi connectivity index (χ3v) is 6.05. The Bertz CT molecular complexity index is 872. The molecular weight excluding hydrogens is 388 g/mol. The Balaban J connectivity index is 1.62. The molecule has 0 aliphatic carbocycles. The van der Waals surface area contributed by atoms with E-state index in [0.717, 1.165) is 17.7 Å². The van der Waals surface area contributed by atoms with Crippen molar-refractivity contribution in [1.29, 1.82) is 0 Å². The zero-order valence-electron chi connectivity index (χ0n) is 15.8. The SMILES string of the molecule is CN(CCc1ccccn1)C(=O)CSC(c1ccccc1)c1ccc(Cl)cc1. The quantitative estimate of drug-likeness (QED) is 0.508. The van der Waals surface area contributed by atoms with E-state index in [1.54, 1.807) is 22.9 Å². The Kier molecular flexibility index (Phi) is 7.52. The number of pyridine rings is 1. The third kappa shape index (κ3) is 5.85. The van der Waals surface area contributed by atoms with Crippen LogP contribution in [0, 0.1) is 0 Å². The Morgan fingerprint density at radius 2 is 1.68 bits per heavy atom. The second-order valence-electron chi connectivity index (χ2n) is 6.54. The summed E-state index contributed by atoms with van der Waals surface area (Å²) in [6.07, 6.45) is 2.54. The molecule has 0 fully saturated rings. The van der Waals surface area contributed by atoms with Crippen LogP contribution >= 0.6 is 23.4 Å². The molecule has 3 rings (SSSR count). The summed E-state index contributed by atoms with van der Waals surface area (Å²) < 4.78 is 0. The van der Waals surface area contributed by atoms with Gasteiger partial charge >= 0.3 is 0 Å². The molecule has 0 saturated carbocycles. The van der Waals surface area contributed by atoms with Crippen LogP contribution in [0.15, 0.2) is 79.0 Å². The Morgan fingerprint density at radius 1 is 1.00 bits per heavy atom. The lowest BCUT2D eigenvalue weighted by Crippen LogP contribution is -2.30. The Hall–Kier alpha value is -2.30. The van der Waals surface area contributed by atoms with E-state index in [1.807, 2.05) is 67.7 Å². The first kappa shape index (κ1) is 20.4. The molecule has 2 aromatic carbocycles. The highest BCUT2D eigenvalue weighted by Crippen LogP contribution is 2.36. The van der Waals surface area contributed by atoms with Crippen LogP contribution in [0.25, 0.3) is 0 Å². The van der Waals surface area contributed by atoms with Crippen molar-refractivity contribution in [2.24, 2.45) is 0 Å². The van der Waals surface area contributed by atoms with Crippen molar-refractivity contribution in [3.8, 4) is 0 Å². The molecule has 0 N–H and O–H groups in total. The molecule has 0 bridgehead atoms. The van der Waals surface area contributed by atoms with Crippen molar-refractivity contribution in [1.82, 2.24) is 9.88 Å². The van der Waals surface area contributed by atoms with E-state index in [9.17, 15) is 4.79 Å². The number of hydrogen-bond acceptors (Lipinski definition) is 3. The summed E-state index contributed by atoms with van der Waals surface area (Å²) in [5.74, 6) is 0.539. The van der Waals surface area contributed by atoms with Crippen molar-refractivity contribution in [3.05, 3.63) is 101 Å². The summed E-state index contributed by atoms with van der Waals surface area (Å²) >= 11 is 7.69. The number of carbonyl (C=O) groups excluding carboxylic acids is 1. The van der Waals surface area contributed by atoms with E-state index in [1.165, 1.54) is 5.56 Å². The summed E-state index contributed by atoms with van der Waals surface area (Å²) in [7, 11) is 1.85. The monoisotopic (exact) mass is 410 g/mol. The molecule has 1 atom stereocenters. The highest BCUT2D eigenvalue weighted by Gasteiger charge is 2.18. The highest BCUT2D eigenvalue weighted by atomic mass is 35.5. The molecule has 1 heterocycles. The van der Waals surface area contributed by atoms with E-state index in [4.69, 9.17) is 11.6 Å². The standard InChI is InChI=1S/C23H23ClN2OS/c1-26(16-14-21-9-5-6-15-25-21)22(27)17-28-23(18-7-3-2-4-8-18)19-10-12-20(24)13-11-19/h2-13,15,23H,14,16-17H2,1H3. The number of nitrogens with zero attached hydrogens (tertiary/aromatic N) is 2. The van der Waals surface area contributed by atoms with E-state index in [0.29, 0.717) is 17.3 Å². The fourth-order valence-corrected chi connectivity index (χ4v) is 4.22. The Labute approximate surface area is 175 Å². The molecule has 1 aromatic heterocycles. The van der Waals surface area contributed by atoms with Gasteiger partial charge in [0.25, 0.3) is 0 Å². The summed E-state index contributed by atoms with van der Waals surface area (Å²) in [6, 6.07) is 24.0. The smallest absolute Gasteiger partial charge is 0.232 e. The predicted molar refractivity (Wildman–Crippen MR) is 118 cm³/mol. The van der Waals surface area contributed by atoms with E-state index >= 15 is 0 Å². The molecule has 144 valence electrons. The maximum Gasteiger partial charge on any atom is 0.232 e. The summed E-state index contributed by atoms with van der Waals surface area (Å²) in [5, 5.41) is 0.803. The maximum atomic E-state index is 12.6. The lowest BCUT2D eigenvalue weighted by molar-refractivity contribution is -0.127. The van der Waals surface area contributed by atoms with Gasteiger partial charge in [-0.25, -0.2) is 0 Å². The van der Waals surface area contributed by atoms with Gasteiger partial charge < -0.3 is 4.90 Å². The molecule has 5 heteroatoms. The second-order valence-corrected chi connectivity index (χ2v) is 8.07. The van der Waals surface area contributed by atoms with E-state index < -0.39 is 0 Å². The average molecular weight is 411 g/mol. The minimum Gasteiger partial charge on any atom is -0.345 e. The first-order valence-corrected chi connectivity index (χ1v) is 10.6. The van der Waals surface area contributed by atoms with Gasteiger partial charge in [0.05, 0.1) is 11.0 Å². The first-order valence-electron chi connectivity index (χ1n) is 9.19. The zero-order chi connectivity index (χ0) is 19.8. The number of rotatable bonds is 8. The van der Waals surface area contributed by atoms with E-state index in [-0.39, 0.29) is 11.2 Å². The zero-order valence-corrected chi connectivity index (χ0v) is 17.4. The maximum absolute atomic E-state index is 12.6. The van der Waals surface area contributed by atoms with Crippen molar-refractivity contribution >= 4 is 29.3 Å². The molecule has 3 aromatic rings. The number of benzene rings is 2. The lowest BCUT2D eigenvalue weighted by Gasteiger charge is -2.21. The van der Waals surface area contributed by atoms with Gasteiger partial charge in [0.15, 0.2) is 0 Å². The van der Waals surface area contributed by atoms with Gasteiger partial charge in [0, 0.05) is 36.9 Å². The van der Waals surface area contributed by atoms with Gasteiger partial charge in [-0.3, -0.25) is 9.78 Å². The fourth-order valence-electron chi connectivity index (χ4n) is 2.87. The number of carbonyl (C=O) groups is 1. The third-order valence-electron chi connectivity index (χ3n) is 4.50. The molecule has 1 unspecified atom stereocenters. The molecule has 0 spiro atoms. The number of amides is 1. The van der Waals surface area contributed by atoms with Crippen LogP contribution in [0.3, 0.4) is 0 Å². The van der Waals surface area contributed by atoms with Crippen molar-refractivity contribution in [2.75, 3.05) is 19.3 Å². The molecule has 0 aliphatic rings. The average Bonchev–Trinajstić information content (AvgIpc) is 2.74. The van der Waals surface area contributed by atoms with Gasteiger partial charge in [-0.2, -0.15) is 0 Å². The number of likely N-dealkylation sites (N-methyl/N-ethyl adjacent to an activating group) is 1. The molecule has 0 aliphatic heterocycles. The number of hydrogen-bond donors (Lipinski definition) is 0. The first-order chi connectivity index (χ1) is 13.6. The summed E-state index contributed by atoms with van der Waals surface area (Å²) in [5.41, 5.74) is 3.32. The molecule has 28 heavy (non-hydrogen) atoms. The van der Waals surface area contributed by atoms with Gasteiger partial charge in [-0.1, -0.05) is 60.1 Å². The molecule has 3 nitrogen and oxygen atoms in total. The number of aromatic nitrogens is 1. The predicted octanol–water partition coefficient (Wildman–Crippen LogP) is 5.26. The highest BCUT2D eigenvalue weighted by molar-refractivity contribution is 8.00. The normalized spacial score (nSPS) is 11.8. The van der Waals surface area contributed by atoms with Crippen LogP contribution in [0.4, 0.5) is 0 Å². The van der Waals surface area contributed by atoms with Crippen LogP contribution in [0.1, 0.15) is 22.1 Å². The second kappa shape index (κ2) is 10.3. The molecule has 0 radical (unpaired) electrons. The summed E-state index contributed by atoms with van der Waals surface area (Å²) in [4.78, 5) is 18.7. The van der Waals surface area contributed by atoms with Crippen molar-refractivity contribution in [2.45, 2.75) is 11.7 Å². The summed E-state index contributed by atoms with van der Waals surface area (Å²) in [6.45, 7) is 0.660. The van der Waals surface area contributed by atoms with Gasteiger partial charge in [0.2, 0.25) is 5.91 Å². The van der Waals surface area contributed by atoms with Crippen LogP contribution in [0.2, 0.25) is 5.02 Å². The Morgan fingerprint density at radius 3 is 2.36 bits per heavy atom. The van der Waals surface area contributed by atoms with Gasteiger partial charge in [0.1, 0.15) is 0 Å². The molecular formula is C23H23ClN2OS. The molecule has 1 amide bonds. The van der Waals surface area contributed by atoms with E-state index in [2.05, 4.69) is 17.1 Å². The lowest BCUT2D eigenvalue weighted by atomic mass is 10.0. The van der Waals surface area contributed by atoms with Crippen molar-refractivity contribution in [3.63, 3.8) is 0 Å². The van der Waals surface area contributed by atoms with Crippen LogP contribution < -0.4 is 0 Å². The fraction of sp³-hybridized carbons (Fsp3) is 0.217. The van der Waals surface area contributed by atoms with Crippen LogP contribution in [-0.4, -0.2) is 35.1 Å². The molecule has 0 saturated heterocycles. The largest absolute Gasteiger partial charge is 0.345 e. The van der Waals surface area contributed by atoms with Crippen LogP contribution in [0.5, 0.6) is 0 Å². The minimum atomic E-state index is 0.0895. The van der Waals surface area contributed by atoms with Gasteiger partial charge in [-0.05, 0) is 35.4 Å². The minimum absolute atomic E-state index is 0.0895.